The van der Waals surface area contributed by atoms with Crippen LogP contribution in [0.4, 0.5) is 4.39 Å². The summed E-state index contributed by atoms with van der Waals surface area (Å²) in [5.41, 5.74) is 1.95. The Morgan fingerprint density at radius 2 is 2.00 bits per heavy atom. The number of hydrogen-bond acceptors (Lipinski definition) is 1. The first-order chi connectivity index (χ1) is 12.0. The average molecular weight is 378 g/mol. The zero-order valence-electron chi connectivity index (χ0n) is 13.1. The van der Waals surface area contributed by atoms with E-state index in [-0.39, 0.29) is 22.9 Å². The fourth-order valence-electron chi connectivity index (χ4n) is 3.18. The number of benzene rings is 2. The van der Waals surface area contributed by atoms with Gasteiger partial charge in [0.05, 0.1) is 22.6 Å². The summed E-state index contributed by atoms with van der Waals surface area (Å²) in [6.07, 6.45) is 3.99. The molecule has 0 aliphatic heterocycles. The van der Waals surface area contributed by atoms with Crippen molar-refractivity contribution in [2.24, 2.45) is 0 Å². The van der Waals surface area contributed by atoms with Crippen LogP contribution in [-0.2, 0) is 6.54 Å². The van der Waals surface area contributed by atoms with Crippen LogP contribution in [0.25, 0.3) is 10.9 Å². The maximum Gasteiger partial charge on any atom is 0.337 e. The summed E-state index contributed by atoms with van der Waals surface area (Å²) in [6, 6.07) is 8.33. The number of halogens is 3. The highest BCUT2D eigenvalue weighted by molar-refractivity contribution is 6.37. The molecule has 3 aromatic rings. The summed E-state index contributed by atoms with van der Waals surface area (Å²) in [5.74, 6) is -0.940. The lowest BCUT2D eigenvalue weighted by molar-refractivity contribution is 0.0697. The van der Waals surface area contributed by atoms with Gasteiger partial charge in [0.1, 0.15) is 5.82 Å². The molecule has 0 bridgehead atoms. The summed E-state index contributed by atoms with van der Waals surface area (Å²) in [5, 5.41) is 10.5. The van der Waals surface area contributed by atoms with Crippen LogP contribution in [-0.4, -0.2) is 15.6 Å². The molecule has 3 nitrogen and oxygen atoms in total. The summed E-state index contributed by atoms with van der Waals surface area (Å²) in [4.78, 5) is 11.3. The number of aromatic nitrogens is 1. The third-order valence-electron chi connectivity index (χ3n) is 4.63. The topological polar surface area (TPSA) is 42.2 Å². The van der Waals surface area contributed by atoms with Crippen molar-refractivity contribution in [3.63, 3.8) is 0 Å². The second kappa shape index (κ2) is 6.04. The number of carboxylic acid groups (broad SMARTS) is 1. The molecule has 2 aromatic carbocycles. The number of nitrogens with zero attached hydrogens (tertiary/aromatic N) is 1. The van der Waals surface area contributed by atoms with Crippen LogP contribution in [0.1, 0.15) is 40.2 Å². The van der Waals surface area contributed by atoms with Gasteiger partial charge in [0, 0.05) is 22.2 Å². The van der Waals surface area contributed by atoms with Gasteiger partial charge in [-0.25, -0.2) is 9.18 Å². The molecule has 1 aliphatic carbocycles. The minimum Gasteiger partial charge on any atom is -0.478 e. The molecule has 1 saturated carbocycles. The van der Waals surface area contributed by atoms with E-state index in [0.29, 0.717) is 22.0 Å². The maximum absolute atomic E-state index is 14.7. The molecule has 1 aromatic heterocycles. The second-order valence-electron chi connectivity index (χ2n) is 6.35. The summed E-state index contributed by atoms with van der Waals surface area (Å²) < 4.78 is 16.4. The van der Waals surface area contributed by atoms with Gasteiger partial charge in [-0.2, -0.15) is 0 Å². The first kappa shape index (κ1) is 16.4. The van der Waals surface area contributed by atoms with Crippen molar-refractivity contribution in [3.05, 3.63) is 69.1 Å². The van der Waals surface area contributed by atoms with Gasteiger partial charge in [0.2, 0.25) is 0 Å². The molecule has 4 rings (SSSR count). The van der Waals surface area contributed by atoms with Crippen molar-refractivity contribution in [2.45, 2.75) is 25.3 Å². The highest BCUT2D eigenvalue weighted by atomic mass is 35.5. The average Bonchev–Trinajstić information content (AvgIpc) is 3.32. The van der Waals surface area contributed by atoms with Gasteiger partial charge < -0.3 is 9.67 Å². The Morgan fingerprint density at radius 3 is 2.68 bits per heavy atom. The van der Waals surface area contributed by atoms with Crippen LogP contribution in [0.3, 0.4) is 0 Å². The van der Waals surface area contributed by atoms with Crippen molar-refractivity contribution >= 4 is 40.1 Å². The van der Waals surface area contributed by atoms with E-state index in [2.05, 4.69) is 0 Å². The molecule has 1 fully saturated rings. The minimum atomic E-state index is -1.12. The van der Waals surface area contributed by atoms with Crippen LogP contribution >= 0.6 is 23.2 Å². The highest BCUT2D eigenvalue weighted by Gasteiger charge is 2.25. The summed E-state index contributed by atoms with van der Waals surface area (Å²) in [6.45, 7) is 0.196. The van der Waals surface area contributed by atoms with E-state index in [9.17, 15) is 14.3 Å². The van der Waals surface area contributed by atoms with E-state index in [4.69, 9.17) is 23.2 Å². The third kappa shape index (κ3) is 2.90. The lowest BCUT2D eigenvalue weighted by atomic mass is 10.1. The fourth-order valence-corrected chi connectivity index (χ4v) is 3.75. The zero-order valence-corrected chi connectivity index (χ0v) is 14.6. The first-order valence-corrected chi connectivity index (χ1v) is 8.69. The van der Waals surface area contributed by atoms with E-state index in [1.807, 2.05) is 12.1 Å². The Morgan fingerprint density at radius 1 is 1.24 bits per heavy atom. The largest absolute Gasteiger partial charge is 0.478 e. The van der Waals surface area contributed by atoms with E-state index in [1.54, 1.807) is 16.8 Å². The first-order valence-electron chi connectivity index (χ1n) is 7.94. The minimum absolute atomic E-state index is 0.0194. The van der Waals surface area contributed by atoms with Gasteiger partial charge in [-0.05, 0) is 54.7 Å². The Balaban J connectivity index is 1.79. The number of rotatable bonds is 4. The molecular formula is C19H14Cl2FNO2. The smallest absolute Gasteiger partial charge is 0.337 e. The molecule has 1 N–H and O–H groups in total. The van der Waals surface area contributed by atoms with E-state index in [0.717, 1.165) is 23.8 Å². The molecule has 0 amide bonds. The van der Waals surface area contributed by atoms with Gasteiger partial charge in [0.15, 0.2) is 0 Å². The molecule has 128 valence electrons. The number of fused-ring (bicyclic) bond motifs is 1. The molecule has 0 unspecified atom stereocenters. The van der Waals surface area contributed by atoms with Crippen molar-refractivity contribution in [1.29, 1.82) is 0 Å². The molecule has 1 aliphatic rings. The van der Waals surface area contributed by atoms with Gasteiger partial charge in [-0.3, -0.25) is 0 Å². The van der Waals surface area contributed by atoms with Crippen LogP contribution < -0.4 is 0 Å². The second-order valence-corrected chi connectivity index (χ2v) is 7.14. The number of aromatic carboxylic acids is 1. The summed E-state index contributed by atoms with van der Waals surface area (Å²) in [7, 11) is 0. The molecule has 0 radical (unpaired) electrons. The van der Waals surface area contributed by atoms with Crippen molar-refractivity contribution < 1.29 is 14.3 Å². The third-order valence-corrected chi connectivity index (χ3v) is 5.42. The number of carboxylic acids is 1. The molecule has 25 heavy (non-hydrogen) atoms. The quantitative estimate of drug-likeness (QED) is 0.632. The molecule has 0 saturated heterocycles. The van der Waals surface area contributed by atoms with E-state index in [1.165, 1.54) is 12.1 Å². The Hall–Kier alpha value is -2.04. The van der Waals surface area contributed by atoms with Crippen molar-refractivity contribution in [1.82, 2.24) is 4.57 Å². The van der Waals surface area contributed by atoms with Gasteiger partial charge in [-0.1, -0.05) is 23.2 Å². The van der Waals surface area contributed by atoms with Crippen LogP contribution in [0.15, 0.2) is 36.5 Å². The van der Waals surface area contributed by atoms with E-state index >= 15 is 0 Å². The zero-order chi connectivity index (χ0) is 17.7. The summed E-state index contributed by atoms with van der Waals surface area (Å²) >= 11 is 12.4. The standard InChI is InChI=1S/C19H14Cl2FNO2/c20-15-4-3-13(19(24)25)17(21)14(15)9-23-6-5-11-7-12(10-1-2-10)8-16(22)18(11)23/h3-8,10H,1-2,9H2,(H,24,25). The van der Waals surface area contributed by atoms with Gasteiger partial charge in [-0.15, -0.1) is 0 Å². The Kier molecular flexibility index (Phi) is 3.97. The number of carbonyl (C=O) groups is 1. The lowest BCUT2D eigenvalue weighted by Crippen LogP contribution is -2.05. The fraction of sp³-hybridized carbons (Fsp3) is 0.211. The molecule has 1 heterocycles. The number of hydrogen-bond donors (Lipinski definition) is 1. The predicted octanol–water partition coefficient (Wildman–Crippen LogP) is 5.71. The van der Waals surface area contributed by atoms with Gasteiger partial charge >= 0.3 is 5.97 Å². The van der Waals surface area contributed by atoms with Crippen LogP contribution in [0.2, 0.25) is 10.0 Å². The van der Waals surface area contributed by atoms with Crippen molar-refractivity contribution in [3.8, 4) is 0 Å². The predicted molar refractivity (Wildman–Crippen MR) is 96.4 cm³/mol. The Bertz CT molecular complexity index is 1010. The molecule has 6 heteroatoms. The molecular weight excluding hydrogens is 364 g/mol. The van der Waals surface area contributed by atoms with E-state index < -0.39 is 5.97 Å². The van der Waals surface area contributed by atoms with Crippen LogP contribution in [0, 0.1) is 5.82 Å². The van der Waals surface area contributed by atoms with Crippen LogP contribution in [0.5, 0.6) is 0 Å². The maximum atomic E-state index is 14.7. The SMILES string of the molecule is O=C(O)c1ccc(Cl)c(Cn2ccc3cc(C4CC4)cc(F)c32)c1Cl. The molecule has 0 atom stereocenters. The van der Waals surface area contributed by atoms with Crippen molar-refractivity contribution in [2.75, 3.05) is 0 Å². The van der Waals surface area contributed by atoms with Gasteiger partial charge in [0.25, 0.3) is 0 Å². The highest BCUT2D eigenvalue weighted by Crippen LogP contribution is 2.41. The lowest BCUT2D eigenvalue weighted by Gasteiger charge is -2.12. The molecule has 0 spiro atoms. The monoisotopic (exact) mass is 377 g/mol. The Labute approximate surface area is 153 Å². The normalized spacial score (nSPS) is 14.2.